The maximum Gasteiger partial charge on any atom is 0.226 e. The van der Waals surface area contributed by atoms with E-state index >= 15 is 0 Å². The second-order valence-electron chi connectivity index (χ2n) is 4.63. The van der Waals surface area contributed by atoms with Gasteiger partial charge in [-0.1, -0.05) is 12.1 Å². The van der Waals surface area contributed by atoms with E-state index in [2.05, 4.69) is 21.2 Å². The van der Waals surface area contributed by atoms with E-state index in [4.69, 9.17) is 4.74 Å². The van der Waals surface area contributed by atoms with E-state index in [0.29, 0.717) is 19.7 Å². The quantitative estimate of drug-likeness (QED) is 0.728. The van der Waals surface area contributed by atoms with Crippen LogP contribution in [0.2, 0.25) is 0 Å². The van der Waals surface area contributed by atoms with Crippen molar-refractivity contribution in [1.82, 2.24) is 4.90 Å². The lowest BCUT2D eigenvalue weighted by molar-refractivity contribution is -0.129. The molecule has 0 aliphatic rings. The van der Waals surface area contributed by atoms with Crippen molar-refractivity contribution in [3.05, 3.63) is 28.7 Å². The molecule has 0 saturated heterocycles. The predicted octanol–water partition coefficient (Wildman–Crippen LogP) is 2.66. The minimum absolute atomic E-state index is 0.0280. The molecule has 0 heterocycles. The van der Waals surface area contributed by atoms with Crippen molar-refractivity contribution in [2.45, 2.75) is 19.8 Å². The Morgan fingerprint density at radius 2 is 2.00 bits per heavy atom. The Kier molecular flexibility index (Phi) is 8.00. The number of ether oxygens (including phenoxy) is 1. The van der Waals surface area contributed by atoms with Gasteiger partial charge in [-0.25, -0.2) is 0 Å². The average Bonchev–Trinajstić information content (AvgIpc) is 2.44. The molecule has 0 aromatic heterocycles. The summed E-state index contributed by atoms with van der Waals surface area (Å²) in [5.41, 5.74) is 0.733. The summed E-state index contributed by atoms with van der Waals surface area (Å²) in [6.45, 7) is 3.13. The number of hydrogen-bond acceptors (Lipinski definition) is 3. The molecule has 0 radical (unpaired) electrons. The molecule has 116 valence electrons. The third kappa shape index (κ3) is 6.73. The summed E-state index contributed by atoms with van der Waals surface area (Å²) in [5.74, 6) is -0.139. The molecule has 5 nitrogen and oxygen atoms in total. The number of carbonyl (C=O) groups is 2. The number of halogens is 1. The fraction of sp³-hybridized carbons (Fsp3) is 0.467. The number of nitrogens with one attached hydrogen (secondary N) is 1. The summed E-state index contributed by atoms with van der Waals surface area (Å²) < 4.78 is 5.80. The van der Waals surface area contributed by atoms with Crippen LogP contribution in [0, 0.1) is 0 Å². The SMILES string of the molecule is COCCCN(CCC(=O)Nc1ccccc1Br)C(C)=O. The van der Waals surface area contributed by atoms with Gasteiger partial charge in [-0.05, 0) is 34.5 Å². The number of rotatable bonds is 8. The van der Waals surface area contributed by atoms with Crippen molar-refractivity contribution in [3.63, 3.8) is 0 Å². The molecule has 2 amide bonds. The first-order chi connectivity index (χ1) is 10.0. The van der Waals surface area contributed by atoms with Crippen LogP contribution in [0.1, 0.15) is 19.8 Å². The van der Waals surface area contributed by atoms with Crippen LogP contribution in [-0.4, -0.2) is 43.5 Å². The van der Waals surface area contributed by atoms with Crippen LogP contribution in [-0.2, 0) is 14.3 Å². The number of para-hydroxylation sites is 1. The van der Waals surface area contributed by atoms with Gasteiger partial charge in [-0.3, -0.25) is 9.59 Å². The Morgan fingerprint density at radius 3 is 2.62 bits per heavy atom. The van der Waals surface area contributed by atoms with Gasteiger partial charge in [-0.2, -0.15) is 0 Å². The highest BCUT2D eigenvalue weighted by Crippen LogP contribution is 2.21. The standard InChI is InChI=1S/C15H21BrN2O3/c1-12(19)18(9-5-11-21-2)10-8-15(20)17-14-7-4-3-6-13(14)16/h3-4,6-7H,5,8-11H2,1-2H3,(H,17,20). The topological polar surface area (TPSA) is 58.6 Å². The zero-order chi connectivity index (χ0) is 15.7. The Morgan fingerprint density at radius 1 is 1.29 bits per heavy atom. The van der Waals surface area contributed by atoms with E-state index in [1.807, 2.05) is 24.3 Å². The molecule has 1 aromatic rings. The highest BCUT2D eigenvalue weighted by molar-refractivity contribution is 9.10. The Bertz CT molecular complexity index is 480. The highest BCUT2D eigenvalue weighted by Gasteiger charge is 2.11. The molecule has 0 saturated carbocycles. The number of methoxy groups -OCH3 is 1. The summed E-state index contributed by atoms with van der Waals surface area (Å²) in [7, 11) is 1.63. The minimum Gasteiger partial charge on any atom is -0.385 e. The maximum absolute atomic E-state index is 11.9. The lowest BCUT2D eigenvalue weighted by Gasteiger charge is -2.20. The number of hydrogen-bond donors (Lipinski definition) is 1. The molecule has 1 rings (SSSR count). The number of carbonyl (C=O) groups excluding carboxylic acids is 2. The fourth-order valence-electron chi connectivity index (χ4n) is 1.84. The third-order valence-electron chi connectivity index (χ3n) is 2.98. The minimum atomic E-state index is -0.111. The number of anilines is 1. The Balaban J connectivity index is 2.42. The molecule has 0 bridgehead atoms. The van der Waals surface area contributed by atoms with Crippen LogP contribution in [0.15, 0.2) is 28.7 Å². The van der Waals surface area contributed by atoms with Crippen molar-refractivity contribution in [1.29, 1.82) is 0 Å². The van der Waals surface area contributed by atoms with Crippen molar-refractivity contribution in [2.24, 2.45) is 0 Å². The van der Waals surface area contributed by atoms with Gasteiger partial charge in [0.1, 0.15) is 0 Å². The average molecular weight is 357 g/mol. The molecule has 6 heteroatoms. The molecular formula is C15H21BrN2O3. The Labute approximate surface area is 133 Å². The van der Waals surface area contributed by atoms with Gasteiger partial charge in [-0.15, -0.1) is 0 Å². The molecule has 1 aromatic carbocycles. The van der Waals surface area contributed by atoms with E-state index in [1.165, 1.54) is 6.92 Å². The van der Waals surface area contributed by atoms with E-state index in [1.54, 1.807) is 12.0 Å². The second-order valence-corrected chi connectivity index (χ2v) is 5.48. The van der Waals surface area contributed by atoms with Gasteiger partial charge >= 0.3 is 0 Å². The second kappa shape index (κ2) is 9.52. The normalized spacial score (nSPS) is 10.2. The monoisotopic (exact) mass is 356 g/mol. The molecule has 1 N–H and O–H groups in total. The van der Waals surface area contributed by atoms with Gasteiger partial charge in [0.05, 0.1) is 5.69 Å². The molecule has 0 fully saturated rings. The van der Waals surface area contributed by atoms with Gasteiger partial charge in [0.15, 0.2) is 0 Å². The number of benzene rings is 1. The van der Waals surface area contributed by atoms with Gasteiger partial charge < -0.3 is 15.0 Å². The van der Waals surface area contributed by atoms with Gasteiger partial charge in [0.2, 0.25) is 11.8 Å². The van der Waals surface area contributed by atoms with Crippen LogP contribution < -0.4 is 5.32 Å². The van der Waals surface area contributed by atoms with Crippen molar-refractivity contribution in [2.75, 3.05) is 32.1 Å². The summed E-state index contributed by atoms with van der Waals surface area (Å²) in [6.07, 6.45) is 1.04. The first-order valence-corrected chi connectivity index (χ1v) is 7.62. The molecule has 0 aliphatic carbocycles. The lowest BCUT2D eigenvalue weighted by Crippen LogP contribution is -2.33. The molecule has 0 unspecified atom stereocenters. The Hall–Kier alpha value is -1.40. The molecule has 0 spiro atoms. The highest BCUT2D eigenvalue weighted by atomic mass is 79.9. The smallest absolute Gasteiger partial charge is 0.226 e. The maximum atomic E-state index is 11.9. The molecule has 0 aliphatic heterocycles. The van der Waals surface area contributed by atoms with E-state index < -0.39 is 0 Å². The van der Waals surface area contributed by atoms with E-state index in [0.717, 1.165) is 16.6 Å². The van der Waals surface area contributed by atoms with Crippen LogP contribution in [0.5, 0.6) is 0 Å². The van der Waals surface area contributed by atoms with Crippen LogP contribution in [0.4, 0.5) is 5.69 Å². The first kappa shape index (κ1) is 17.7. The van der Waals surface area contributed by atoms with Crippen LogP contribution >= 0.6 is 15.9 Å². The molecule has 0 atom stereocenters. The fourth-order valence-corrected chi connectivity index (χ4v) is 2.22. The zero-order valence-corrected chi connectivity index (χ0v) is 14.0. The predicted molar refractivity (Wildman–Crippen MR) is 86.1 cm³/mol. The van der Waals surface area contributed by atoms with E-state index in [-0.39, 0.29) is 18.2 Å². The molecular weight excluding hydrogens is 336 g/mol. The van der Waals surface area contributed by atoms with E-state index in [9.17, 15) is 9.59 Å². The number of nitrogens with zero attached hydrogens (tertiary/aromatic N) is 1. The summed E-state index contributed by atoms with van der Waals surface area (Å²) in [5, 5.41) is 2.82. The van der Waals surface area contributed by atoms with Crippen LogP contribution in [0.3, 0.4) is 0 Å². The summed E-state index contributed by atoms with van der Waals surface area (Å²) >= 11 is 3.38. The summed E-state index contributed by atoms with van der Waals surface area (Å²) in [6, 6.07) is 7.42. The van der Waals surface area contributed by atoms with Gasteiger partial charge in [0.25, 0.3) is 0 Å². The van der Waals surface area contributed by atoms with Crippen LogP contribution in [0.25, 0.3) is 0 Å². The third-order valence-corrected chi connectivity index (χ3v) is 3.67. The van der Waals surface area contributed by atoms with Crippen molar-refractivity contribution >= 4 is 33.4 Å². The zero-order valence-electron chi connectivity index (χ0n) is 12.4. The molecule has 21 heavy (non-hydrogen) atoms. The lowest BCUT2D eigenvalue weighted by atomic mass is 10.3. The van der Waals surface area contributed by atoms with Gasteiger partial charge in [0, 0.05) is 44.6 Å². The first-order valence-electron chi connectivity index (χ1n) is 6.83. The number of amides is 2. The largest absolute Gasteiger partial charge is 0.385 e. The summed E-state index contributed by atoms with van der Waals surface area (Å²) in [4.78, 5) is 25.1. The van der Waals surface area contributed by atoms with Crippen molar-refractivity contribution < 1.29 is 14.3 Å². The van der Waals surface area contributed by atoms with Crippen molar-refractivity contribution in [3.8, 4) is 0 Å².